The molecular formula is C13H16N4O4. The summed E-state index contributed by atoms with van der Waals surface area (Å²) in [4.78, 5) is 29.4. The minimum Gasteiger partial charge on any atom is -0.480 e. The average molecular weight is 292 g/mol. The molecule has 0 saturated heterocycles. The number of nitrogens with zero attached hydrogens (tertiary/aromatic N) is 1. The minimum absolute atomic E-state index is 0.140. The van der Waals surface area contributed by atoms with Gasteiger partial charge >= 0.3 is 12.0 Å². The van der Waals surface area contributed by atoms with Crippen LogP contribution in [0, 0.1) is 0 Å². The minimum atomic E-state index is -1.11. The van der Waals surface area contributed by atoms with Gasteiger partial charge in [0.15, 0.2) is 0 Å². The van der Waals surface area contributed by atoms with Crippen LogP contribution in [0.25, 0.3) is 0 Å². The molecule has 0 saturated carbocycles. The zero-order valence-corrected chi connectivity index (χ0v) is 11.2. The molecule has 2 heterocycles. The van der Waals surface area contributed by atoms with E-state index in [1.807, 2.05) is 0 Å². The van der Waals surface area contributed by atoms with E-state index in [2.05, 4.69) is 20.6 Å². The lowest BCUT2D eigenvalue weighted by Crippen LogP contribution is -2.47. The van der Waals surface area contributed by atoms with Crippen LogP contribution in [-0.4, -0.2) is 39.7 Å². The summed E-state index contributed by atoms with van der Waals surface area (Å²) in [5, 5.41) is 14.1. The zero-order chi connectivity index (χ0) is 15.1. The summed E-state index contributed by atoms with van der Waals surface area (Å²) in [6, 6.07) is 2.01. The molecule has 0 aromatic carbocycles. The third-order valence-electron chi connectivity index (χ3n) is 2.82. The van der Waals surface area contributed by atoms with Crippen LogP contribution >= 0.6 is 0 Å². The number of carbonyl (C=O) groups excluding carboxylic acids is 1. The van der Waals surface area contributed by atoms with Crippen molar-refractivity contribution in [1.29, 1.82) is 0 Å². The molecule has 8 heteroatoms. The number of amides is 2. The molecule has 2 aromatic rings. The van der Waals surface area contributed by atoms with Crippen molar-refractivity contribution < 1.29 is 19.1 Å². The highest BCUT2D eigenvalue weighted by Gasteiger charge is 2.20. The van der Waals surface area contributed by atoms with E-state index in [0.29, 0.717) is 18.7 Å². The van der Waals surface area contributed by atoms with Crippen molar-refractivity contribution in [3.05, 3.63) is 42.4 Å². The number of urea groups is 1. The molecule has 2 aromatic heterocycles. The van der Waals surface area contributed by atoms with E-state index < -0.39 is 18.0 Å². The lowest BCUT2D eigenvalue weighted by molar-refractivity contribution is -0.139. The van der Waals surface area contributed by atoms with E-state index >= 15 is 0 Å². The van der Waals surface area contributed by atoms with Gasteiger partial charge in [-0.25, -0.2) is 14.6 Å². The molecule has 8 nitrogen and oxygen atoms in total. The molecule has 2 amide bonds. The normalized spacial score (nSPS) is 11.8. The van der Waals surface area contributed by atoms with Crippen LogP contribution in [0.2, 0.25) is 0 Å². The zero-order valence-electron chi connectivity index (χ0n) is 11.2. The molecule has 0 aliphatic heterocycles. The maximum atomic E-state index is 11.7. The second-order valence-corrected chi connectivity index (χ2v) is 4.40. The molecule has 4 N–H and O–H groups in total. The van der Waals surface area contributed by atoms with Crippen LogP contribution in [-0.2, 0) is 17.6 Å². The van der Waals surface area contributed by atoms with Crippen molar-refractivity contribution in [3.8, 4) is 0 Å². The first-order chi connectivity index (χ1) is 10.1. The fraction of sp³-hybridized carbons (Fsp3) is 0.308. The van der Waals surface area contributed by atoms with Gasteiger partial charge in [-0.15, -0.1) is 0 Å². The summed E-state index contributed by atoms with van der Waals surface area (Å²) in [5.41, 5.74) is 0.637. The standard InChI is InChI=1S/C13H16N4O4/c18-12(19)11(6-9-7-14-8-16-9)17-13(20)15-4-3-10-2-1-5-21-10/h1-2,5,7-8,11H,3-4,6H2,(H,14,16)(H,18,19)(H2,15,17,20). The molecule has 0 aliphatic rings. The van der Waals surface area contributed by atoms with Gasteiger partial charge in [-0.3, -0.25) is 0 Å². The van der Waals surface area contributed by atoms with Crippen LogP contribution in [0.15, 0.2) is 35.3 Å². The third-order valence-corrected chi connectivity index (χ3v) is 2.82. The van der Waals surface area contributed by atoms with Gasteiger partial charge in [0, 0.05) is 31.3 Å². The van der Waals surface area contributed by atoms with Crippen LogP contribution in [0.1, 0.15) is 11.5 Å². The van der Waals surface area contributed by atoms with Gasteiger partial charge in [-0.1, -0.05) is 0 Å². The summed E-state index contributed by atoms with van der Waals surface area (Å²) in [5.74, 6) is -0.353. The quantitative estimate of drug-likeness (QED) is 0.593. The molecule has 2 rings (SSSR count). The van der Waals surface area contributed by atoms with Gasteiger partial charge in [0.25, 0.3) is 0 Å². The molecule has 112 valence electrons. The lowest BCUT2D eigenvalue weighted by Gasteiger charge is -2.14. The molecule has 1 unspecified atom stereocenters. The molecule has 0 aliphatic carbocycles. The van der Waals surface area contributed by atoms with Crippen LogP contribution < -0.4 is 10.6 Å². The predicted octanol–water partition coefficient (Wildman–Crippen LogP) is 0.540. The van der Waals surface area contributed by atoms with E-state index in [4.69, 9.17) is 9.52 Å². The van der Waals surface area contributed by atoms with Crippen molar-refractivity contribution >= 4 is 12.0 Å². The molecular weight excluding hydrogens is 276 g/mol. The average Bonchev–Trinajstić information content (AvgIpc) is 3.10. The number of imidazole rings is 1. The summed E-state index contributed by atoms with van der Waals surface area (Å²) in [6.07, 6.45) is 5.21. The Morgan fingerprint density at radius 1 is 1.48 bits per heavy atom. The number of aromatic amines is 1. The van der Waals surface area contributed by atoms with Gasteiger partial charge in [0.05, 0.1) is 12.6 Å². The maximum Gasteiger partial charge on any atom is 0.326 e. The number of rotatable bonds is 7. The molecule has 0 radical (unpaired) electrons. The first-order valence-electron chi connectivity index (χ1n) is 6.42. The monoisotopic (exact) mass is 292 g/mol. The predicted molar refractivity (Wildman–Crippen MR) is 72.7 cm³/mol. The number of aromatic nitrogens is 2. The Labute approximate surface area is 120 Å². The van der Waals surface area contributed by atoms with E-state index in [9.17, 15) is 9.59 Å². The number of hydrogen-bond acceptors (Lipinski definition) is 4. The van der Waals surface area contributed by atoms with Crippen molar-refractivity contribution in [2.24, 2.45) is 0 Å². The number of carbonyl (C=O) groups is 2. The molecule has 0 spiro atoms. The van der Waals surface area contributed by atoms with Crippen molar-refractivity contribution in [2.45, 2.75) is 18.9 Å². The topological polar surface area (TPSA) is 120 Å². The van der Waals surface area contributed by atoms with Gasteiger partial charge in [0.2, 0.25) is 0 Å². The third kappa shape index (κ3) is 4.68. The fourth-order valence-electron chi connectivity index (χ4n) is 1.78. The number of carboxylic acid groups (broad SMARTS) is 1. The Bertz CT molecular complexity index is 565. The van der Waals surface area contributed by atoms with E-state index in [-0.39, 0.29) is 6.42 Å². The molecule has 0 fully saturated rings. The Hall–Kier alpha value is -2.77. The van der Waals surface area contributed by atoms with Gasteiger partial charge in [-0.05, 0) is 12.1 Å². The highest BCUT2D eigenvalue weighted by atomic mass is 16.4. The highest BCUT2D eigenvalue weighted by Crippen LogP contribution is 2.00. The van der Waals surface area contributed by atoms with E-state index in [0.717, 1.165) is 5.76 Å². The first-order valence-corrected chi connectivity index (χ1v) is 6.42. The van der Waals surface area contributed by atoms with Crippen LogP contribution in [0.5, 0.6) is 0 Å². The van der Waals surface area contributed by atoms with Crippen molar-refractivity contribution in [1.82, 2.24) is 20.6 Å². The molecule has 0 bridgehead atoms. The van der Waals surface area contributed by atoms with Gasteiger partial charge in [-0.2, -0.15) is 0 Å². The first kappa shape index (κ1) is 14.6. The SMILES string of the molecule is O=C(NCCc1ccco1)NC(Cc1cnc[nH]1)C(=O)O. The summed E-state index contributed by atoms with van der Waals surface area (Å²) >= 11 is 0. The Kier molecular flexibility index (Phi) is 4.97. The lowest BCUT2D eigenvalue weighted by atomic mass is 10.2. The summed E-state index contributed by atoms with van der Waals surface area (Å²) in [6.45, 7) is 0.357. The number of H-pyrrole nitrogens is 1. The van der Waals surface area contributed by atoms with Crippen molar-refractivity contribution in [2.75, 3.05) is 6.54 Å². The second kappa shape index (κ2) is 7.13. The number of aliphatic carboxylic acids is 1. The van der Waals surface area contributed by atoms with E-state index in [1.54, 1.807) is 18.4 Å². The largest absolute Gasteiger partial charge is 0.480 e. The van der Waals surface area contributed by atoms with Crippen LogP contribution in [0.4, 0.5) is 4.79 Å². The summed E-state index contributed by atoms with van der Waals surface area (Å²) < 4.78 is 5.13. The number of carboxylic acids is 1. The second-order valence-electron chi connectivity index (χ2n) is 4.40. The molecule has 21 heavy (non-hydrogen) atoms. The maximum absolute atomic E-state index is 11.7. The summed E-state index contributed by atoms with van der Waals surface area (Å²) in [7, 11) is 0. The fourth-order valence-corrected chi connectivity index (χ4v) is 1.78. The Morgan fingerprint density at radius 3 is 2.95 bits per heavy atom. The number of nitrogens with one attached hydrogen (secondary N) is 3. The Balaban J connectivity index is 1.76. The number of hydrogen-bond donors (Lipinski definition) is 4. The van der Waals surface area contributed by atoms with Gasteiger partial charge in [0.1, 0.15) is 11.8 Å². The Morgan fingerprint density at radius 2 is 2.33 bits per heavy atom. The molecule has 1 atom stereocenters. The highest BCUT2D eigenvalue weighted by molar-refractivity contribution is 5.82. The van der Waals surface area contributed by atoms with Crippen molar-refractivity contribution in [3.63, 3.8) is 0 Å². The van der Waals surface area contributed by atoms with Crippen LogP contribution in [0.3, 0.4) is 0 Å². The number of furan rings is 1. The van der Waals surface area contributed by atoms with E-state index in [1.165, 1.54) is 12.5 Å². The van der Waals surface area contributed by atoms with Gasteiger partial charge < -0.3 is 25.1 Å². The smallest absolute Gasteiger partial charge is 0.326 e.